The van der Waals surface area contributed by atoms with Crippen LogP contribution in [0.5, 0.6) is 0 Å². The van der Waals surface area contributed by atoms with Crippen molar-refractivity contribution < 1.29 is 4.79 Å². The van der Waals surface area contributed by atoms with Gasteiger partial charge in [-0.15, -0.1) is 0 Å². The molecule has 0 spiro atoms. The van der Waals surface area contributed by atoms with E-state index < -0.39 is 0 Å². The summed E-state index contributed by atoms with van der Waals surface area (Å²) < 4.78 is 0. The molecule has 1 fully saturated rings. The van der Waals surface area contributed by atoms with E-state index in [1.54, 1.807) is 0 Å². The van der Waals surface area contributed by atoms with E-state index in [1.807, 2.05) is 12.1 Å². The predicted molar refractivity (Wildman–Crippen MR) is 117 cm³/mol. The Bertz CT molecular complexity index is 774. The predicted octanol–water partition coefficient (Wildman–Crippen LogP) is 5.56. The zero-order valence-corrected chi connectivity index (χ0v) is 17.6. The van der Waals surface area contributed by atoms with Crippen molar-refractivity contribution in [3.05, 3.63) is 70.3 Å². The monoisotopic (exact) mass is 378 g/mol. The summed E-state index contributed by atoms with van der Waals surface area (Å²) in [6.07, 6.45) is 6.19. The number of aryl methyl sites for hydroxylation is 2. The second-order valence-corrected chi connectivity index (χ2v) is 8.17. The van der Waals surface area contributed by atoms with Crippen molar-refractivity contribution >= 4 is 5.91 Å². The van der Waals surface area contributed by atoms with Crippen molar-refractivity contribution in [3.63, 3.8) is 0 Å². The van der Waals surface area contributed by atoms with Crippen LogP contribution in [0.4, 0.5) is 0 Å². The van der Waals surface area contributed by atoms with Crippen LogP contribution in [0, 0.1) is 13.8 Å². The van der Waals surface area contributed by atoms with E-state index in [-0.39, 0.29) is 11.9 Å². The number of nitrogens with zero attached hydrogens (tertiary/aromatic N) is 1. The molecule has 0 aromatic heterocycles. The largest absolute Gasteiger partial charge is 0.345 e. The Morgan fingerprint density at radius 2 is 1.64 bits per heavy atom. The van der Waals surface area contributed by atoms with Crippen molar-refractivity contribution in [2.45, 2.75) is 65.5 Å². The van der Waals surface area contributed by atoms with Crippen molar-refractivity contribution in [2.75, 3.05) is 13.1 Å². The van der Waals surface area contributed by atoms with Gasteiger partial charge in [0.1, 0.15) is 0 Å². The lowest BCUT2D eigenvalue weighted by Crippen LogP contribution is -2.28. The Morgan fingerprint density at radius 1 is 0.964 bits per heavy atom. The Labute approximate surface area is 170 Å². The van der Waals surface area contributed by atoms with Gasteiger partial charge in [-0.25, -0.2) is 0 Å². The van der Waals surface area contributed by atoms with Gasteiger partial charge in [-0.1, -0.05) is 50.1 Å². The molecule has 1 aliphatic heterocycles. The van der Waals surface area contributed by atoms with Crippen LogP contribution in [0.3, 0.4) is 0 Å². The summed E-state index contributed by atoms with van der Waals surface area (Å²) in [5.41, 5.74) is 5.76. The molecule has 1 N–H and O–H groups in total. The molecule has 1 heterocycles. The molecule has 1 amide bonds. The molecule has 3 nitrogen and oxygen atoms in total. The summed E-state index contributed by atoms with van der Waals surface area (Å²) in [6.45, 7) is 9.72. The van der Waals surface area contributed by atoms with Crippen LogP contribution in [0.15, 0.2) is 42.5 Å². The first-order valence-electron chi connectivity index (χ1n) is 10.8. The van der Waals surface area contributed by atoms with Gasteiger partial charge < -0.3 is 5.32 Å². The molecule has 28 heavy (non-hydrogen) atoms. The number of nitrogens with one attached hydrogen (secondary N) is 1. The van der Waals surface area contributed by atoms with E-state index in [1.165, 1.54) is 61.0 Å². The molecule has 0 unspecified atom stereocenters. The zero-order chi connectivity index (χ0) is 19.9. The molecular formula is C25H34N2O. The van der Waals surface area contributed by atoms with Gasteiger partial charge in [0.05, 0.1) is 6.04 Å². The summed E-state index contributed by atoms with van der Waals surface area (Å²) in [4.78, 5) is 15.3. The SMILES string of the molecule is CC[C@@H](NC(=O)c1ccc(CN2CCCCCC2)cc1)c1ccc(C)c(C)c1. The van der Waals surface area contributed by atoms with Crippen LogP contribution in [0.1, 0.15) is 77.7 Å². The lowest BCUT2D eigenvalue weighted by atomic mass is 9.99. The van der Waals surface area contributed by atoms with Gasteiger partial charge in [0.2, 0.25) is 0 Å². The van der Waals surface area contributed by atoms with Gasteiger partial charge in [-0.2, -0.15) is 0 Å². The smallest absolute Gasteiger partial charge is 0.251 e. The molecule has 150 valence electrons. The first-order chi connectivity index (χ1) is 13.6. The van der Waals surface area contributed by atoms with Crippen molar-refractivity contribution in [1.29, 1.82) is 0 Å². The standard InChI is InChI=1S/C25H34N2O/c1-4-24(23-12-9-19(2)20(3)17-23)26-25(28)22-13-10-21(11-14-22)18-27-15-7-5-6-8-16-27/h9-14,17,24H,4-8,15-16,18H2,1-3H3,(H,26,28)/t24-/m1/s1. The van der Waals surface area contributed by atoms with E-state index >= 15 is 0 Å². The molecule has 1 saturated heterocycles. The normalized spacial score (nSPS) is 16.4. The number of hydrogen-bond acceptors (Lipinski definition) is 2. The quantitative estimate of drug-likeness (QED) is 0.713. The highest BCUT2D eigenvalue weighted by molar-refractivity contribution is 5.94. The molecular weight excluding hydrogens is 344 g/mol. The van der Waals surface area contributed by atoms with E-state index in [0.29, 0.717) is 0 Å². The summed E-state index contributed by atoms with van der Waals surface area (Å²) in [5, 5.41) is 3.21. The van der Waals surface area contributed by atoms with Crippen LogP contribution >= 0.6 is 0 Å². The second-order valence-electron chi connectivity index (χ2n) is 8.17. The van der Waals surface area contributed by atoms with Crippen LogP contribution in [-0.2, 0) is 6.54 Å². The fourth-order valence-electron chi connectivity index (χ4n) is 3.96. The molecule has 0 saturated carbocycles. The topological polar surface area (TPSA) is 32.3 Å². The van der Waals surface area contributed by atoms with E-state index in [4.69, 9.17) is 0 Å². The van der Waals surface area contributed by atoms with Crippen LogP contribution in [0.25, 0.3) is 0 Å². The molecule has 0 bridgehead atoms. The molecule has 1 aliphatic rings. The molecule has 1 atom stereocenters. The van der Waals surface area contributed by atoms with Gasteiger partial charge >= 0.3 is 0 Å². The molecule has 2 aromatic carbocycles. The van der Waals surface area contributed by atoms with Gasteiger partial charge in [0.25, 0.3) is 5.91 Å². The second kappa shape index (κ2) is 9.88. The number of amides is 1. The molecule has 3 rings (SSSR count). The Hall–Kier alpha value is -2.13. The number of carbonyl (C=O) groups excluding carboxylic acids is 1. The highest BCUT2D eigenvalue weighted by atomic mass is 16.1. The molecule has 0 radical (unpaired) electrons. The number of benzene rings is 2. The average Bonchev–Trinajstić information content (AvgIpc) is 2.97. The lowest BCUT2D eigenvalue weighted by molar-refractivity contribution is 0.0935. The third kappa shape index (κ3) is 5.45. The third-order valence-corrected chi connectivity index (χ3v) is 5.97. The zero-order valence-electron chi connectivity index (χ0n) is 17.6. The Balaban J connectivity index is 1.62. The van der Waals surface area contributed by atoms with Crippen LogP contribution in [0.2, 0.25) is 0 Å². The highest BCUT2D eigenvalue weighted by Gasteiger charge is 2.15. The fraction of sp³-hybridized carbons (Fsp3) is 0.480. The molecule has 3 heteroatoms. The van der Waals surface area contributed by atoms with Gasteiger partial charge in [-0.3, -0.25) is 9.69 Å². The number of likely N-dealkylation sites (tertiary alicyclic amines) is 1. The maximum absolute atomic E-state index is 12.8. The minimum absolute atomic E-state index is 0.00593. The van der Waals surface area contributed by atoms with Crippen LogP contribution in [-0.4, -0.2) is 23.9 Å². The summed E-state index contributed by atoms with van der Waals surface area (Å²) in [6, 6.07) is 14.6. The van der Waals surface area contributed by atoms with Gasteiger partial charge in [0, 0.05) is 12.1 Å². The third-order valence-electron chi connectivity index (χ3n) is 5.97. The van der Waals surface area contributed by atoms with E-state index in [9.17, 15) is 4.79 Å². The summed E-state index contributed by atoms with van der Waals surface area (Å²) in [5.74, 6) is 0.00593. The Kier molecular flexibility index (Phi) is 7.27. The fourth-order valence-corrected chi connectivity index (χ4v) is 3.96. The van der Waals surface area contributed by atoms with Gasteiger partial charge in [-0.05, 0) is 80.6 Å². The van der Waals surface area contributed by atoms with Crippen molar-refractivity contribution in [1.82, 2.24) is 10.2 Å². The van der Waals surface area contributed by atoms with Crippen LogP contribution < -0.4 is 5.32 Å². The van der Waals surface area contributed by atoms with E-state index in [0.717, 1.165) is 18.5 Å². The number of rotatable bonds is 6. The van der Waals surface area contributed by atoms with Crippen molar-refractivity contribution in [3.8, 4) is 0 Å². The summed E-state index contributed by atoms with van der Waals surface area (Å²) in [7, 11) is 0. The lowest BCUT2D eigenvalue weighted by Gasteiger charge is -2.20. The maximum Gasteiger partial charge on any atom is 0.251 e. The average molecular weight is 379 g/mol. The molecule has 2 aromatic rings. The highest BCUT2D eigenvalue weighted by Crippen LogP contribution is 2.21. The minimum Gasteiger partial charge on any atom is -0.345 e. The van der Waals surface area contributed by atoms with Crippen molar-refractivity contribution in [2.24, 2.45) is 0 Å². The summed E-state index contributed by atoms with van der Waals surface area (Å²) >= 11 is 0. The van der Waals surface area contributed by atoms with Gasteiger partial charge in [0.15, 0.2) is 0 Å². The Morgan fingerprint density at radius 3 is 2.25 bits per heavy atom. The number of carbonyl (C=O) groups is 1. The first-order valence-corrected chi connectivity index (χ1v) is 10.8. The molecule has 0 aliphatic carbocycles. The first kappa shape index (κ1) is 20.6. The maximum atomic E-state index is 12.8. The van der Waals surface area contributed by atoms with E-state index in [2.05, 4.69) is 61.3 Å². The minimum atomic E-state index is 0.00593. The number of hydrogen-bond donors (Lipinski definition) is 1.